The lowest BCUT2D eigenvalue weighted by molar-refractivity contribution is -0.119. The molecule has 4 rings (SSSR count). The van der Waals surface area contributed by atoms with E-state index in [1.165, 1.54) is 43.4 Å². The Morgan fingerprint density at radius 1 is 1.24 bits per heavy atom. The lowest BCUT2D eigenvalue weighted by Gasteiger charge is -2.25. The van der Waals surface area contributed by atoms with Crippen LogP contribution < -0.4 is 10.1 Å². The molecule has 25 heavy (non-hydrogen) atoms. The van der Waals surface area contributed by atoms with Crippen LogP contribution >= 0.6 is 11.3 Å². The molecule has 2 aliphatic rings. The SMILES string of the molecule is COc1ccc([C@]2(C(=O)Nc3nccs3)CC2C2CCCCC2)cc1. The zero-order valence-electron chi connectivity index (χ0n) is 14.5. The molecule has 1 aromatic heterocycles. The summed E-state index contributed by atoms with van der Waals surface area (Å²) in [4.78, 5) is 17.4. The average Bonchev–Trinajstić information content (AvgIpc) is 3.24. The van der Waals surface area contributed by atoms with Gasteiger partial charge in [0.2, 0.25) is 5.91 Å². The number of nitrogens with one attached hydrogen (secondary N) is 1. The Morgan fingerprint density at radius 2 is 2.00 bits per heavy atom. The molecule has 0 bridgehead atoms. The first-order chi connectivity index (χ1) is 12.2. The Balaban J connectivity index is 1.62. The molecule has 2 atom stereocenters. The molecule has 1 heterocycles. The van der Waals surface area contributed by atoms with Crippen molar-refractivity contribution in [1.29, 1.82) is 0 Å². The number of hydrogen-bond acceptors (Lipinski definition) is 4. The lowest BCUT2D eigenvalue weighted by Crippen LogP contribution is -2.32. The quantitative estimate of drug-likeness (QED) is 0.850. The van der Waals surface area contributed by atoms with Crippen LogP contribution in [0, 0.1) is 11.8 Å². The van der Waals surface area contributed by atoms with Gasteiger partial charge in [-0.25, -0.2) is 4.98 Å². The number of nitrogens with zero attached hydrogens (tertiary/aromatic N) is 1. The smallest absolute Gasteiger partial charge is 0.237 e. The van der Waals surface area contributed by atoms with E-state index in [4.69, 9.17) is 4.74 Å². The van der Waals surface area contributed by atoms with Crippen molar-refractivity contribution in [3.8, 4) is 5.75 Å². The minimum atomic E-state index is -0.403. The number of amides is 1. The first-order valence-electron chi connectivity index (χ1n) is 9.09. The molecule has 1 aromatic carbocycles. The van der Waals surface area contributed by atoms with E-state index in [1.54, 1.807) is 13.3 Å². The minimum Gasteiger partial charge on any atom is -0.497 e. The van der Waals surface area contributed by atoms with E-state index in [-0.39, 0.29) is 5.91 Å². The highest BCUT2D eigenvalue weighted by Gasteiger charge is 2.63. The van der Waals surface area contributed by atoms with Gasteiger partial charge in [0, 0.05) is 11.6 Å². The van der Waals surface area contributed by atoms with Crippen molar-refractivity contribution >= 4 is 22.4 Å². The summed E-state index contributed by atoms with van der Waals surface area (Å²) in [7, 11) is 1.67. The zero-order chi connectivity index (χ0) is 17.3. The van der Waals surface area contributed by atoms with Gasteiger partial charge in [0.15, 0.2) is 5.13 Å². The highest BCUT2D eigenvalue weighted by Crippen LogP contribution is 2.61. The molecular weight excluding hydrogens is 332 g/mol. The van der Waals surface area contributed by atoms with E-state index < -0.39 is 5.41 Å². The van der Waals surface area contributed by atoms with Gasteiger partial charge in [0.25, 0.3) is 0 Å². The lowest BCUT2D eigenvalue weighted by atomic mass is 9.80. The number of methoxy groups -OCH3 is 1. The molecule has 132 valence electrons. The van der Waals surface area contributed by atoms with Crippen molar-refractivity contribution in [3.63, 3.8) is 0 Å². The predicted molar refractivity (Wildman–Crippen MR) is 100 cm³/mol. The van der Waals surface area contributed by atoms with Gasteiger partial charge in [-0.15, -0.1) is 11.3 Å². The van der Waals surface area contributed by atoms with Crippen molar-refractivity contribution in [3.05, 3.63) is 41.4 Å². The van der Waals surface area contributed by atoms with Crippen molar-refractivity contribution in [2.24, 2.45) is 11.8 Å². The van der Waals surface area contributed by atoms with Gasteiger partial charge in [-0.3, -0.25) is 4.79 Å². The largest absolute Gasteiger partial charge is 0.497 e. The van der Waals surface area contributed by atoms with Crippen molar-refractivity contribution in [2.45, 2.75) is 43.9 Å². The summed E-state index contributed by atoms with van der Waals surface area (Å²) in [5.41, 5.74) is 0.706. The fraction of sp³-hybridized carbons (Fsp3) is 0.500. The Bertz CT molecular complexity index is 723. The van der Waals surface area contributed by atoms with Crippen LogP contribution in [0.3, 0.4) is 0 Å². The van der Waals surface area contributed by atoms with Gasteiger partial charge in [-0.05, 0) is 36.0 Å². The van der Waals surface area contributed by atoms with Crippen LogP contribution in [0.5, 0.6) is 5.75 Å². The van der Waals surface area contributed by atoms with Gasteiger partial charge in [0.1, 0.15) is 5.75 Å². The van der Waals surface area contributed by atoms with E-state index in [0.717, 1.165) is 17.7 Å². The predicted octanol–water partition coefficient (Wildman–Crippen LogP) is 4.63. The number of rotatable bonds is 5. The molecule has 2 saturated carbocycles. The molecule has 1 N–H and O–H groups in total. The van der Waals surface area contributed by atoms with Crippen LogP contribution in [0.15, 0.2) is 35.8 Å². The van der Waals surface area contributed by atoms with Crippen LogP contribution in [0.1, 0.15) is 44.1 Å². The number of carbonyl (C=O) groups is 1. The fourth-order valence-corrected chi connectivity index (χ4v) is 5.02. The molecule has 2 fully saturated rings. The third-order valence-corrected chi connectivity index (χ3v) is 6.59. The van der Waals surface area contributed by atoms with Gasteiger partial charge in [-0.1, -0.05) is 44.2 Å². The molecule has 2 aliphatic carbocycles. The third-order valence-electron chi connectivity index (χ3n) is 5.90. The molecule has 0 saturated heterocycles. The number of anilines is 1. The topological polar surface area (TPSA) is 51.2 Å². The van der Waals surface area contributed by atoms with Gasteiger partial charge >= 0.3 is 0 Å². The van der Waals surface area contributed by atoms with Crippen LogP contribution in [0.25, 0.3) is 0 Å². The van der Waals surface area contributed by atoms with E-state index in [1.807, 2.05) is 17.5 Å². The van der Waals surface area contributed by atoms with Crippen LogP contribution in [-0.4, -0.2) is 18.0 Å². The van der Waals surface area contributed by atoms with E-state index in [2.05, 4.69) is 22.4 Å². The standard InChI is InChI=1S/C20H24N2O2S/c1-24-16-9-7-15(8-10-16)20(18(23)22-19-21-11-12-25-19)13-17(20)14-5-3-2-4-6-14/h7-12,14,17H,2-6,13H2,1H3,(H,21,22,23)/t17?,20-/m1/s1. The average molecular weight is 356 g/mol. The van der Waals surface area contributed by atoms with Crippen LogP contribution in [0.4, 0.5) is 5.13 Å². The molecule has 5 heteroatoms. The second kappa shape index (κ2) is 6.79. The number of carbonyl (C=O) groups excluding carboxylic acids is 1. The molecule has 4 nitrogen and oxygen atoms in total. The maximum absolute atomic E-state index is 13.2. The summed E-state index contributed by atoms with van der Waals surface area (Å²) in [6.07, 6.45) is 9.12. The Kier molecular flexibility index (Phi) is 4.50. The minimum absolute atomic E-state index is 0.100. The summed E-state index contributed by atoms with van der Waals surface area (Å²) in [5, 5.41) is 5.64. The fourth-order valence-electron chi connectivity index (χ4n) is 4.50. The Labute approximate surface area is 152 Å². The molecule has 1 unspecified atom stereocenters. The highest BCUT2D eigenvalue weighted by molar-refractivity contribution is 7.13. The first-order valence-corrected chi connectivity index (χ1v) is 9.97. The first kappa shape index (κ1) is 16.6. The Morgan fingerprint density at radius 3 is 2.64 bits per heavy atom. The molecule has 0 aliphatic heterocycles. The van der Waals surface area contributed by atoms with E-state index >= 15 is 0 Å². The zero-order valence-corrected chi connectivity index (χ0v) is 15.3. The van der Waals surface area contributed by atoms with Crippen molar-refractivity contribution in [2.75, 3.05) is 12.4 Å². The summed E-state index contributed by atoms with van der Waals surface area (Å²) >= 11 is 1.47. The maximum atomic E-state index is 13.2. The number of ether oxygens (including phenoxy) is 1. The number of aromatic nitrogens is 1. The van der Waals surface area contributed by atoms with Gasteiger partial charge in [-0.2, -0.15) is 0 Å². The molecular formula is C20H24N2O2S. The second-order valence-electron chi connectivity index (χ2n) is 7.20. The summed E-state index contributed by atoms with van der Waals surface area (Å²) in [6.45, 7) is 0. The van der Waals surface area contributed by atoms with Crippen molar-refractivity contribution in [1.82, 2.24) is 4.98 Å². The number of hydrogen-bond donors (Lipinski definition) is 1. The molecule has 0 radical (unpaired) electrons. The molecule has 0 spiro atoms. The summed E-state index contributed by atoms with van der Waals surface area (Å²) in [6, 6.07) is 8.04. The number of benzene rings is 1. The van der Waals surface area contributed by atoms with Gasteiger partial charge in [0.05, 0.1) is 12.5 Å². The highest BCUT2D eigenvalue weighted by atomic mass is 32.1. The third kappa shape index (κ3) is 3.06. The van der Waals surface area contributed by atoms with E-state index in [9.17, 15) is 4.79 Å². The maximum Gasteiger partial charge on any atom is 0.237 e. The Hall–Kier alpha value is -1.88. The van der Waals surface area contributed by atoms with Crippen LogP contribution in [0.2, 0.25) is 0 Å². The summed E-state index contributed by atoms with van der Waals surface area (Å²) < 4.78 is 5.28. The normalized spacial score (nSPS) is 26.2. The van der Waals surface area contributed by atoms with Crippen LogP contribution in [-0.2, 0) is 10.2 Å². The van der Waals surface area contributed by atoms with Gasteiger partial charge < -0.3 is 10.1 Å². The molecule has 1 amide bonds. The number of thiazole rings is 1. The van der Waals surface area contributed by atoms with Crippen molar-refractivity contribution < 1.29 is 9.53 Å². The second-order valence-corrected chi connectivity index (χ2v) is 8.09. The van der Waals surface area contributed by atoms with E-state index in [0.29, 0.717) is 17.0 Å². The molecule has 2 aromatic rings. The summed E-state index contributed by atoms with van der Waals surface area (Å²) in [5.74, 6) is 2.04. The monoisotopic (exact) mass is 356 g/mol.